The molecule has 18 heavy (non-hydrogen) atoms. The summed E-state index contributed by atoms with van der Waals surface area (Å²) in [5.41, 5.74) is 1.16. The number of nitrogens with one attached hydrogen (secondary N) is 1. The third-order valence-corrected chi connectivity index (χ3v) is 2.86. The molecule has 5 nitrogen and oxygen atoms in total. The molecule has 94 valence electrons. The molecule has 0 fully saturated rings. The number of H-pyrrole nitrogens is 1. The molecule has 0 aliphatic rings. The molecular weight excluding hydrogens is 256 g/mol. The van der Waals surface area contributed by atoms with Gasteiger partial charge in [-0.05, 0) is 17.7 Å². The van der Waals surface area contributed by atoms with Gasteiger partial charge in [0.15, 0.2) is 0 Å². The van der Waals surface area contributed by atoms with Crippen molar-refractivity contribution in [3.05, 3.63) is 45.2 Å². The standard InChI is InChI=1S/C12H11ClN2O3/c1-15-12(18)9(6-10(16)17)11(14-15)7-2-4-8(13)5-3-7/h2-5,14H,6H2,1H3,(H,16,17). The third kappa shape index (κ3) is 2.31. The molecule has 1 aromatic heterocycles. The Morgan fingerprint density at radius 3 is 2.56 bits per heavy atom. The molecule has 0 spiro atoms. The maximum Gasteiger partial charge on any atom is 0.308 e. The van der Waals surface area contributed by atoms with Crippen molar-refractivity contribution in [1.29, 1.82) is 0 Å². The Bertz CT molecular complexity index is 640. The van der Waals surface area contributed by atoms with Crippen LogP contribution in [0.3, 0.4) is 0 Å². The Balaban J connectivity index is 2.56. The SMILES string of the molecule is Cn1[nH]c(-c2ccc(Cl)cc2)c(CC(=O)O)c1=O. The summed E-state index contributed by atoms with van der Waals surface area (Å²) in [5, 5.41) is 12.3. The Kier molecular flexibility index (Phi) is 3.25. The fourth-order valence-electron chi connectivity index (χ4n) is 1.77. The van der Waals surface area contributed by atoms with Gasteiger partial charge in [0.2, 0.25) is 0 Å². The molecule has 6 heteroatoms. The van der Waals surface area contributed by atoms with Crippen molar-refractivity contribution in [2.24, 2.45) is 7.05 Å². The predicted molar refractivity (Wildman–Crippen MR) is 67.8 cm³/mol. The van der Waals surface area contributed by atoms with E-state index < -0.39 is 5.97 Å². The second kappa shape index (κ2) is 4.70. The van der Waals surface area contributed by atoms with Crippen LogP contribution in [-0.2, 0) is 18.3 Å². The zero-order valence-corrected chi connectivity index (χ0v) is 10.4. The number of halogens is 1. The number of carbonyl (C=O) groups is 1. The minimum absolute atomic E-state index is 0.243. The van der Waals surface area contributed by atoms with Crippen LogP contribution in [0.5, 0.6) is 0 Å². The third-order valence-electron chi connectivity index (χ3n) is 2.60. The van der Waals surface area contributed by atoms with Crippen LogP contribution in [0, 0.1) is 0 Å². The molecule has 0 aliphatic carbocycles. The van der Waals surface area contributed by atoms with E-state index in [-0.39, 0.29) is 17.5 Å². The number of aliphatic carboxylic acids is 1. The summed E-state index contributed by atoms with van der Waals surface area (Å²) in [7, 11) is 1.55. The number of carboxylic acids is 1. The van der Waals surface area contributed by atoms with Gasteiger partial charge < -0.3 is 5.11 Å². The molecule has 0 saturated carbocycles. The molecular formula is C12H11ClN2O3. The van der Waals surface area contributed by atoms with E-state index in [4.69, 9.17) is 16.7 Å². The van der Waals surface area contributed by atoms with Crippen molar-refractivity contribution in [2.45, 2.75) is 6.42 Å². The van der Waals surface area contributed by atoms with Crippen LogP contribution in [0.4, 0.5) is 0 Å². The van der Waals surface area contributed by atoms with E-state index in [0.29, 0.717) is 10.7 Å². The van der Waals surface area contributed by atoms with E-state index in [2.05, 4.69) is 5.10 Å². The average molecular weight is 267 g/mol. The first-order valence-electron chi connectivity index (χ1n) is 5.24. The topological polar surface area (TPSA) is 75.1 Å². The second-order valence-electron chi connectivity index (χ2n) is 3.91. The Morgan fingerprint density at radius 1 is 1.39 bits per heavy atom. The highest BCUT2D eigenvalue weighted by atomic mass is 35.5. The maximum absolute atomic E-state index is 11.8. The summed E-state index contributed by atoms with van der Waals surface area (Å²) in [6.45, 7) is 0. The van der Waals surface area contributed by atoms with Crippen LogP contribution in [0.25, 0.3) is 11.3 Å². The number of aromatic nitrogens is 2. The largest absolute Gasteiger partial charge is 0.481 e. The zero-order chi connectivity index (χ0) is 13.3. The van der Waals surface area contributed by atoms with Gasteiger partial charge in [0, 0.05) is 12.1 Å². The fourth-order valence-corrected chi connectivity index (χ4v) is 1.89. The van der Waals surface area contributed by atoms with Crippen molar-refractivity contribution < 1.29 is 9.90 Å². The number of hydrogen-bond acceptors (Lipinski definition) is 2. The summed E-state index contributed by atoms with van der Waals surface area (Å²) >= 11 is 5.79. The molecule has 1 heterocycles. The Morgan fingerprint density at radius 2 is 2.00 bits per heavy atom. The van der Waals surface area contributed by atoms with Crippen molar-refractivity contribution >= 4 is 17.6 Å². The van der Waals surface area contributed by atoms with Gasteiger partial charge >= 0.3 is 5.97 Å². The van der Waals surface area contributed by atoms with E-state index in [1.807, 2.05) is 0 Å². The van der Waals surface area contributed by atoms with Crippen molar-refractivity contribution in [3.8, 4) is 11.3 Å². The normalized spacial score (nSPS) is 10.6. The molecule has 2 N–H and O–H groups in total. The van der Waals surface area contributed by atoms with Gasteiger partial charge in [-0.1, -0.05) is 23.7 Å². The molecule has 0 aliphatic heterocycles. The highest BCUT2D eigenvalue weighted by molar-refractivity contribution is 6.30. The lowest BCUT2D eigenvalue weighted by Crippen LogP contribution is -2.17. The predicted octanol–water partition coefficient (Wildman–Crippen LogP) is 1.66. The molecule has 0 radical (unpaired) electrons. The maximum atomic E-state index is 11.8. The smallest absolute Gasteiger partial charge is 0.308 e. The molecule has 2 rings (SSSR count). The van der Waals surface area contributed by atoms with E-state index >= 15 is 0 Å². The van der Waals surface area contributed by atoms with Gasteiger partial charge in [0.05, 0.1) is 17.7 Å². The van der Waals surface area contributed by atoms with Gasteiger partial charge in [-0.2, -0.15) is 0 Å². The van der Waals surface area contributed by atoms with Crippen LogP contribution in [0.2, 0.25) is 5.02 Å². The number of hydrogen-bond donors (Lipinski definition) is 2. The number of benzene rings is 1. The van der Waals surface area contributed by atoms with Crippen molar-refractivity contribution in [2.75, 3.05) is 0 Å². The minimum atomic E-state index is -1.04. The highest BCUT2D eigenvalue weighted by Gasteiger charge is 2.16. The van der Waals surface area contributed by atoms with Crippen LogP contribution in [0.15, 0.2) is 29.1 Å². The molecule has 0 saturated heterocycles. The zero-order valence-electron chi connectivity index (χ0n) is 9.61. The molecule has 0 unspecified atom stereocenters. The Hall–Kier alpha value is -2.01. The van der Waals surface area contributed by atoms with E-state index in [9.17, 15) is 9.59 Å². The molecule has 2 aromatic rings. The van der Waals surface area contributed by atoms with Crippen LogP contribution in [0.1, 0.15) is 5.56 Å². The first-order valence-corrected chi connectivity index (χ1v) is 5.62. The van der Waals surface area contributed by atoms with Crippen LogP contribution < -0.4 is 5.56 Å². The van der Waals surface area contributed by atoms with E-state index in [1.54, 1.807) is 31.3 Å². The van der Waals surface area contributed by atoms with Crippen molar-refractivity contribution in [1.82, 2.24) is 9.78 Å². The number of nitrogens with zero attached hydrogens (tertiary/aromatic N) is 1. The van der Waals surface area contributed by atoms with E-state index in [1.165, 1.54) is 4.68 Å². The van der Waals surface area contributed by atoms with Crippen LogP contribution in [-0.4, -0.2) is 20.9 Å². The first-order chi connectivity index (χ1) is 8.49. The van der Waals surface area contributed by atoms with Gasteiger partial charge in [-0.3, -0.25) is 19.4 Å². The highest BCUT2D eigenvalue weighted by Crippen LogP contribution is 2.21. The van der Waals surface area contributed by atoms with Gasteiger partial charge in [0.25, 0.3) is 5.56 Å². The fraction of sp³-hybridized carbons (Fsp3) is 0.167. The minimum Gasteiger partial charge on any atom is -0.481 e. The number of aromatic amines is 1. The molecule has 0 amide bonds. The number of aryl methyl sites for hydroxylation is 1. The van der Waals surface area contributed by atoms with Gasteiger partial charge in [-0.25, -0.2) is 0 Å². The summed E-state index contributed by atoms with van der Waals surface area (Å²) in [6, 6.07) is 6.84. The quantitative estimate of drug-likeness (QED) is 0.887. The summed E-state index contributed by atoms with van der Waals surface area (Å²) in [4.78, 5) is 22.6. The monoisotopic (exact) mass is 266 g/mol. The lowest BCUT2D eigenvalue weighted by Gasteiger charge is -2.01. The van der Waals surface area contributed by atoms with Crippen molar-refractivity contribution in [3.63, 3.8) is 0 Å². The number of carboxylic acid groups (broad SMARTS) is 1. The van der Waals surface area contributed by atoms with Crippen LogP contribution >= 0.6 is 11.6 Å². The van der Waals surface area contributed by atoms with E-state index in [0.717, 1.165) is 5.56 Å². The summed E-state index contributed by atoms with van der Waals surface area (Å²) in [6.07, 6.45) is -0.311. The lowest BCUT2D eigenvalue weighted by molar-refractivity contribution is -0.136. The summed E-state index contributed by atoms with van der Waals surface area (Å²) in [5.74, 6) is -1.04. The average Bonchev–Trinajstić information content (AvgIpc) is 2.58. The number of rotatable bonds is 3. The first kappa shape index (κ1) is 12.4. The lowest BCUT2D eigenvalue weighted by atomic mass is 10.1. The molecule has 0 atom stereocenters. The second-order valence-corrected chi connectivity index (χ2v) is 4.34. The molecule has 0 bridgehead atoms. The molecule has 1 aromatic carbocycles. The van der Waals surface area contributed by atoms with Gasteiger partial charge in [-0.15, -0.1) is 0 Å². The van der Waals surface area contributed by atoms with Gasteiger partial charge in [0.1, 0.15) is 0 Å². The Labute approximate surface area is 108 Å². The summed E-state index contributed by atoms with van der Waals surface area (Å²) < 4.78 is 1.27.